The third-order valence-electron chi connectivity index (χ3n) is 7.13. The minimum atomic E-state index is -0.603. The predicted octanol–water partition coefficient (Wildman–Crippen LogP) is 4.34. The van der Waals surface area contributed by atoms with E-state index in [1.54, 1.807) is 0 Å². The maximum Gasteiger partial charge on any atom is 0.305 e. The van der Waals surface area contributed by atoms with Gasteiger partial charge in [-0.25, -0.2) is 0 Å². The van der Waals surface area contributed by atoms with Crippen LogP contribution in [0.3, 0.4) is 0 Å². The van der Waals surface area contributed by atoms with Crippen molar-refractivity contribution in [3.05, 3.63) is 12.2 Å². The molecule has 29 heavy (non-hydrogen) atoms. The molecule has 0 aromatic rings. The first kappa shape index (κ1) is 24.1. The minimum absolute atomic E-state index is 0.0901. The van der Waals surface area contributed by atoms with E-state index in [4.69, 9.17) is 0 Å². The summed E-state index contributed by atoms with van der Waals surface area (Å²) in [6.45, 7) is 2.17. The molecule has 0 bridgehead atoms. The first-order chi connectivity index (χ1) is 13.9. The summed E-state index contributed by atoms with van der Waals surface area (Å²) < 4.78 is 4.64. The van der Waals surface area contributed by atoms with Crippen LogP contribution in [0.15, 0.2) is 12.2 Å². The van der Waals surface area contributed by atoms with E-state index in [0.717, 1.165) is 57.8 Å². The first-order valence-corrected chi connectivity index (χ1v) is 11.6. The molecular weight excluding hydrogens is 368 g/mol. The molecule has 0 aliphatic heterocycles. The van der Waals surface area contributed by atoms with Crippen LogP contribution in [0.25, 0.3) is 0 Å². The van der Waals surface area contributed by atoms with Gasteiger partial charge in [0.25, 0.3) is 0 Å². The largest absolute Gasteiger partial charge is 0.469 e. The van der Waals surface area contributed by atoms with Gasteiger partial charge in [0.15, 0.2) is 0 Å². The lowest BCUT2D eigenvalue weighted by Crippen LogP contribution is -2.41. The number of ether oxygens (including phenoxy) is 1. The Morgan fingerprint density at radius 1 is 1.28 bits per heavy atom. The van der Waals surface area contributed by atoms with Crippen molar-refractivity contribution in [2.45, 2.75) is 103 Å². The number of ketones is 1. The van der Waals surface area contributed by atoms with Crippen LogP contribution in [0.5, 0.6) is 0 Å². The highest BCUT2D eigenvalue weighted by atomic mass is 16.5. The van der Waals surface area contributed by atoms with Crippen LogP contribution in [0.1, 0.15) is 90.4 Å². The van der Waals surface area contributed by atoms with Crippen LogP contribution in [-0.4, -0.2) is 41.3 Å². The molecule has 5 nitrogen and oxygen atoms in total. The second kappa shape index (κ2) is 11.8. The Kier molecular flexibility index (Phi) is 9.84. The predicted molar refractivity (Wildman–Crippen MR) is 113 cm³/mol. The number of rotatable bonds is 13. The van der Waals surface area contributed by atoms with Crippen LogP contribution in [0.2, 0.25) is 0 Å². The number of methoxy groups -OCH3 is 1. The maximum absolute atomic E-state index is 12.3. The lowest BCUT2D eigenvalue weighted by Gasteiger charge is -2.45. The van der Waals surface area contributed by atoms with Gasteiger partial charge in [0, 0.05) is 24.7 Å². The summed E-state index contributed by atoms with van der Waals surface area (Å²) in [5.41, 5.74) is 0.0901. The van der Waals surface area contributed by atoms with Crippen molar-refractivity contribution in [1.82, 2.24) is 0 Å². The van der Waals surface area contributed by atoms with Gasteiger partial charge >= 0.3 is 5.97 Å². The first-order valence-electron chi connectivity index (χ1n) is 11.6. The van der Waals surface area contributed by atoms with Gasteiger partial charge in [-0.2, -0.15) is 0 Å². The molecule has 0 spiro atoms. The molecule has 0 aromatic carbocycles. The van der Waals surface area contributed by atoms with Gasteiger partial charge in [-0.15, -0.1) is 0 Å². The normalized spacial score (nSPS) is 27.2. The lowest BCUT2D eigenvalue weighted by molar-refractivity contribution is -0.140. The van der Waals surface area contributed by atoms with Gasteiger partial charge in [-0.05, 0) is 43.9 Å². The molecule has 3 unspecified atom stereocenters. The molecule has 2 saturated carbocycles. The SMILES string of the molecule is CCCC1(C(O)C/C=C/[C@H]2C(O)CC(=O)C2CCCCCCC(=O)OC)CCC1. The van der Waals surface area contributed by atoms with E-state index in [-0.39, 0.29) is 41.5 Å². The summed E-state index contributed by atoms with van der Waals surface area (Å²) in [5.74, 6) is -0.265. The number of esters is 1. The molecule has 0 radical (unpaired) electrons. The number of carbonyl (C=O) groups is 2. The summed E-state index contributed by atoms with van der Waals surface area (Å²) in [5, 5.41) is 21.0. The summed E-state index contributed by atoms with van der Waals surface area (Å²) in [7, 11) is 1.40. The smallest absolute Gasteiger partial charge is 0.305 e. The number of unbranched alkanes of at least 4 members (excludes halogenated alkanes) is 3. The van der Waals surface area contributed by atoms with E-state index >= 15 is 0 Å². The molecular formula is C24H40O5. The van der Waals surface area contributed by atoms with Crippen molar-refractivity contribution in [3.8, 4) is 0 Å². The standard InChI is InChI=1S/C24H40O5/c1-3-14-24(15-9-16-24)22(27)12-8-11-19-18(20(25)17-21(19)26)10-6-4-5-7-13-23(28)29-2/h8,11,18-19,21-22,26-27H,3-7,9-10,12-17H2,1-2H3/b11-8+/t18?,19-,21?,22?/m1/s1. The van der Waals surface area contributed by atoms with Gasteiger partial charge in [0.1, 0.15) is 5.78 Å². The monoisotopic (exact) mass is 408 g/mol. The van der Waals surface area contributed by atoms with Crippen LogP contribution in [0, 0.1) is 17.3 Å². The van der Waals surface area contributed by atoms with Crippen molar-refractivity contribution in [1.29, 1.82) is 0 Å². The molecule has 5 heteroatoms. The molecule has 2 aliphatic rings. The molecule has 2 fully saturated rings. The second-order valence-corrected chi connectivity index (χ2v) is 9.10. The zero-order valence-corrected chi connectivity index (χ0v) is 18.3. The zero-order chi connectivity index (χ0) is 21.3. The van der Waals surface area contributed by atoms with Crippen LogP contribution in [-0.2, 0) is 14.3 Å². The number of hydrogen-bond acceptors (Lipinski definition) is 5. The topological polar surface area (TPSA) is 83.8 Å². The average molecular weight is 409 g/mol. The van der Waals surface area contributed by atoms with Gasteiger partial charge in [-0.3, -0.25) is 9.59 Å². The zero-order valence-electron chi connectivity index (χ0n) is 18.3. The van der Waals surface area contributed by atoms with Crippen molar-refractivity contribution >= 4 is 11.8 Å². The fourth-order valence-electron chi connectivity index (χ4n) is 5.17. The van der Waals surface area contributed by atoms with Gasteiger partial charge in [0.2, 0.25) is 0 Å². The van der Waals surface area contributed by atoms with Crippen molar-refractivity contribution in [2.24, 2.45) is 17.3 Å². The van der Waals surface area contributed by atoms with Crippen molar-refractivity contribution in [2.75, 3.05) is 7.11 Å². The molecule has 0 amide bonds. The lowest BCUT2D eigenvalue weighted by atomic mass is 9.62. The summed E-state index contributed by atoms with van der Waals surface area (Å²) in [6.07, 6.45) is 14.4. The quantitative estimate of drug-likeness (QED) is 0.269. The Hall–Kier alpha value is -1.20. The number of Topliss-reactive ketones (excluding diaryl/α,β-unsaturated/α-hetero) is 1. The maximum atomic E-state index is 12.3. The molecule has 2 rings (SSSR count). The van der Waals surface area contributed by atoms with Crippen molar-refractivity contribution < 1.29 is 24.5 Å². The summed E-state index contributed by atoms with van der Waals surface area (Å²) in [6, 6.07) is 0. The van der Waals surface area contributed by atoms with E-state index in [9.17, 15) is 19.8 Å². The fraction of sp³-hybridized carbons (Fsp3) is 0.833. The van der Waals surface area contributed by atoms with E-state index in [1.165, 1.54) is 13.5 Å². The molecule has 166 valence electrons. The van der Waals surface area contributed by atoms with Crippen LogP contribution >= 0.6 is 0 Å². The Balaban J connectivity index is 1.77. The highest BCUT2D eigenvalue weighted by Crippen LogP contribution is 2.48. The Morgan fingerprint density at radius 3 is 2.62 bits per heavy atom. The Morgan fingerprint density at radius 2 is 2.00 bits per heavy atom. The van der Waals surface area contributed by atoms with Crippen LogP contribution in [0.4, 0.5) is 0 Å². The van der Waals surface area contributed by atoms with E-state index < -0.39 is 6.10 Å². The van der Waals surface area contributed by atoms with Gasteiger partial charge < -0.3 is 14.9 Å². The third-order valence-corrected chi connectivity index (χ3v) is 7.13. The third kappa shape index (κ3) is 6.65. The number of hydrogen-bond donors (Lipinski definition) is 2. The van der Waals surface area contributed by atoms with Crippen LogP contribution < -0.4 is 0 Å². The molecule has 2 N–H and O–H groups in total. The number of aliphatic hydroxyl groups is 2. The highest BCUT2D eigenvalue weighted by Gasteiger charge is 2.42. The molecule has 4 atom stereocenters. The second-order valence-electron chi connectivity index (χ2n) is 9.10. The van der Waals surface area contributed by atoms with E-state index in [0.29, 0.717) is 12.8 Å². The minimum Gasteiger partial charge on any atom is -0.469 e. The highest BCUT2D eigenvalue weighted by molar-refractivity contribution is 5.84. The number of carbonyl (C=O) groups excluding carboxylic acids is 2. The van der Waals surface area contributed by atoms with Gasteiger partial charge in [0.05, 0.1) is 19.3 Å². The summed E-state index contributed by atoms with van der Waals surface area (Å²) >= 11 is 0. The van der Waals surface area contributed by atoms with Gasteiger partial charge in [-0.1, -0.05) is 51.2 Å². The Labute approximate surface area is 175 Å². The summed E-state index contributed by atoms with van der Waals surface area (Å²) in [4.78, 5) is 23.5. The average Bonchev–Trinajstić information content (AvgIpc) is 2.93. The molecule has 0 saturated heterocycles. The molecule has 2 aliphatic carbocycles. The fourth-order valence-corrected chi connectivity index (χ4v) is 5.17. The van der Waals surface area contributed by atoms with E-state index in [2.05, 4.69) is 11.7 Å². The van der Waals surface area contributed by atoms with E-state index in [1.807, 2.05) is 12.2 Å². The molecule has 0 aromatic heterocycles. The Bertz CT molecular complexity index is 551. The van der Waals surface area contributed by atoms with Crippen molar-refractivity contribution in [3.63, 3.8) is 0 Å². The molecule has 0 heterocycles. The number of aliphatic hydroxyl groups excluding tert-OH is 2.